The third kappa shape index (κ3) is 3.11. The number of nitrogens with zero attached hydrogens (tertiary/aromatic N) is 1. The number of H-pyrrole nitrogens is 1. The van der Waals surface area contributed by atoms with Crippen molar-refractivity contribution in [3.05, 3.63) is 46.7 Å². The molecule has 0 radical (unpaired) electrons. The third-order valence-corrected chi connectivity index (χ3v) is 6.12. The van der Waals surface area contributed by atoms with Crippen LogP contribution in [0.5, 0.6) is 0 Å². The molecular weight excluding hydrogens is 330 g/mol. The molecule has 2 heterocycles. The number of aromatic amines is 1. The first-order valence-corrected chi connectivity index (χ1v) is 8.90. The second-order valence-electron chi connectivity index (χ2n) is 4.44. The Morgan fingerprint density at radius 1 is 1.33 bits per heavy atom. The van der Waals surface area contributed by atoms with Crippen LogP contribution in [0.15, 0.2) is 40.9 Å². The summed E-state index contributed by atoms with van der Waals surface area (Å²) in [7, 11) is -3.53. The number of halogens is 1. The van der Waals surface area contributed by atoms with Crippen LogP contribution in [-0.2, 0) is 16.4 Å². The molecule has 0 unspecified atom stereocenters. The van der Waals surface area contributed by atoms with Crippen LogP contribution in [0.4, 0.5) is 0 Å². The quantitative estimate of drug-likeness (QED) is 0.749. The molecule has 110 valence electrons. The second-order valence-corrected chi connectivity index (χ2v) is 8.05. The van der Waals surface area contributed by atoms with Gasteiger partial charge in [0.05, 0.1) is 6.20 Å². The predicted octanol–water partition coefficient (Wildman–Crippen LogP) is 2.80. The Balaban J connectivity index is 1.69. The van der Waals surface area contributed by atoms with Crippen molar-refractivity contribution in [2.75, 3.05) is 6.54 Å². The Morgan fingerprint density at radius 3 is 2.90 bits per heavy atom. The number of hydrogen-bond acceptors (Lipinski definition) is 4. The largest absolute Gasteiger partial charge is 0.361 e. The van der Waals surface area contributed by atoms with Gasteiger partial charge in [0.15, 0.2) is 8.68 Å². The van der Waals surface area contributed by atoms with Crippen molar-refractivity contribution in [1.82, 2.24) is 14.7 Å². The summed E-state index contributed by atoms with van der Waals surface area (Å²) in [5.41, 5.74) is 2.13. The molecule has 0 aliphatic rings. The molecule has 0 saturated heterocycles. The summed E-state index contributed by atoms with van der Waals surface area (Å²) in [5, 5.41) is 1.11. The summed E-state index contributed by atoms with van der Waals surface area (Å²) in [6, 6.07) is 7.92. The Bertz CT molecular complexity index is 870. The molecule has 0 atom stereocenters. The zero-order valence-electron chi connectivity index (χ0n) is 10.8. The van der Waals surface area contributed by atoms with Crippen molar-refractivity contribution in [2.45, 2.75) is 10.6 Å². The molecule has 8 heteroatoms. The molecule has 0 aliphatic carbocycles. The summed E-state index contributed by atoms with van der Waals surface area (Å²) in [6.45, 7) is 0.319. The second kappa shape index (κ2) is 5.76. The normalized spacial score (nSPS) is 12.0. The van der Waals surface area contributed by atoms with Gasteiger partial charge >= 0.3 is 0 Å². The lowest BCUT2D eigenvalue weighted by Crippen LogP contribution is -2.25. The van der Waals surface area contributed by atoms with E-state index in [2.05, 4.69) is 14.7 Å². The van der Waals surface area contributed by atoms with E-state index in [0.29, 0.717) is 13.0 Å². The first kappa shape index (κ1) is 14.5. The molecule has 0 spiro atoms. The Morgan fingerprint density at radius 2 is 2.14 bits per heavy atom. The zero-order valence-corrected chi connectivity index (χ0v) is 13.2. The number of benzene rings is 1. The number of nitrogens with one attached hydrogen (secondary N) is 2. The minimum absolute atomic E-state index is 0.131. The minimum atomic E-state index is -3.53. The summed E-state index contributed by atoms with van der Waals surface area (Å²) >= 11 is 6.60. The molecule has 3 rings (SSSR count). The van der Waals surface area contributed by atoms with E-state index < -0.39 is 10.0 Å². The number of fused-ring (bicyclic) bond motifs is 1. The first-order chi connectivity index (χ1) is 10.1. The van der Waals surface area contributed by atoms with E-state index in [9.17, 15) is 8.42 Å². The van der Waals surface area contributed by atoms with Crippen molar-refractivity contribution < 1.29 is 8.42 Å². The summed E-state index contributed by atoms with van der Waals surface area (Å²) in [5.74, 6) is 0. The van der Waals surface area contributed by atoms with Gasteiger partial charge in [0.25, 0.3) is 10.0 Å². The number of rotatable bonds is 5. The highest BCUT2D eigenvalue weighted by Gasteiger charge is 2.17. The Hall–Kier alpha value is -1.41. The molecule has 5 nitrogen and oxygen atoms in total. The van der Waals surface area contributed by atoms with Gasteiger partial charge in [-0.15, -0.1) is 0 Å². The van der Waals surface area contributed by atoms with Crippen molar-refractivity contribution in [1.29, 1.82) is 0 Å². The van der Waals surface area contributed by atoms with E-state index in [0.717, 1.165) is 27.8 Å². The van der Waals surface area contributed by atoms with E-state index in [1.807, 2.05) is 30.5 Å². The molecule has 2 aromatic heterocycles. The van der Waals surface area contributed by atoms with Crippen LogP contribution < -0.4 is 4.72 Å². The predicted molar refractivity (Wildman–Crippen MR) is 84.3 cm³/mol. The highest BCUT2D eigenvalue weighted by atomic mass is 35.5. The molecule has 0 aliphatic heterocycles. The summed E-state index contributed by atoms with van der Waals surface area (Å²) in [6.07, 6.45) is 3.78. The van der Waals surface area contributed by atoms with Gasteiger partial charge in [0.2, 0.25) is 0 Å². The number of para-hydroxylation sites is 1. The van der Waals surface area contributed by atoms with E-state index in [1.165, 1.54) is 6.20 Å². The lowest BCUT2D eigenvalue weighted by molar-refractivity contribution is 0.583. The van der Waals surface area contributed by atoms with Gasteiger partial charge in [-0.2, -0.15) is 0 Å². The number of hydrogen-bond donors (Lipinski definition) is 2. The van der Waals surface area contributed by atoms with Crippen LogP contribution in [0.1, 0.15) is 5.56 Å². The Labute approximate surface area is 131 Å². The maximum atomic E-state index is 12.0. The molecule has 0 saturated carbocycles. The SMILES string of the molecule is O=S(=O)(NCCc1c[nH]c2ccccc12)c1cnc(Cl)s1. The molecule has 2 N–H and O–H groups in total. The number of thiazole rings is 1. The van der Waals surface area contributed by atoms with E-state index in [-0.39, 0.29) is 8.68 Å². The number of aromatic nitrogens is 2. The van der Waals surface area contributed by atoms with Crippen LogP contribution in [-0.4, -0.2) is 24.9 Å². The van der Waals surface area contributed by atoms with Gasteiger partial charge in [0.1, 0.15) is 0 Å². The minimum Gasteiger partial charge on any atom is -0.361 e. The van der Waals surface area contributed by atoms with Gasteiger partial charge in [-0.05, 0) is 18.1 Å². The standard InChI is InChI=1S/C13H12ClN3O2S2/c14-13-16-8-12(20-13)21(18,19)17-6-5-9-7-15-11-4-2-1-3-10(9)11/h1-4,7-8,15,17H,5-6H2. The maximum Gasteiger partial charge on any atom is 0.251 e. The summed E-state index contributed by atoms with van der Waals surface area (Å²) in [4.78, 5) is 6.91. The van der Waals surface area contributed by atoms with E-state index in [1.54, 1.807) is 0 Å². The smallest absolute Gasteiger partial charge is 0.251 e. The highest BCUT2D eigenvalue weighted by molar-refractivity contribution is 7.91. The fourth-order valence-corrected chi connectivity index (χ4v) is 4.46. The highest BCUT2D eigenvalue weighted by Crippen LogP contribution is 2.22. The number of sulfonamides is 1. The van der Waals surface area contributed by atoms with Gasteiger partial charge in [-0.1, -0.05) is 41.1 Å². The third-order valence-electron chi connectivity index (χ3n) is 3.08. The lowest BCUT2D eigenvalue weighted by Gasteiger charge is -2.03. The van der Waals surface area contributed by atoms with Crippen LogP contribution in [0.25, 0.3) is 10.9 Å². The average Bonchev–Trinajstić information content (AvgIpc) is 3.06. The van der Waals surface area contributed by atoms with Crippen molar-refractivity contribution >= 4 is 43.9 Å². The van der Waals surface area contributed by atoms with Crippen molar-refractivity contribution in [3.63, 3.8) is 0 Å². The first-order valence-electron chi connectivity index (χ1n) is 6.22. The average molecular weight is 342 g/mol. The van der Waals surface area contributed by atoms with Crippen LogP contribution in [0.3, 0.4) is 0 Å². The monoisotopic (exact) mass is 341 g/mol. The molecule has 0 amide bonds. The van der Waals surface area contributed by atoms with E-state index >= 15 is 0 Å². The molecule has 0 fully saturated rings. The van der Waals surface area contributed by atoms with Crippen LogP contribution >= 0.6 is 22.9 Å². The van der Waals surface area contributed by atoms with Gasteiger partial charge in [0, 0.05) is 23.6 Å². The molecular formula is C13H12ClN3O2S2. The molecule has 1 aromatic carbocycles. The zero-order chi connectivity index (χ0) is 14.9. The van der Waals surface area contributed by atoms with Crippen molar-refractivity contribution in [3.8, 4) is 0 Å². The van der Waals surface area contributed by atoms with Gasteiger partial charge in [-0.25, -0.2) is 18.1 Å². The maximum absolute atomic E-state index is 12.0. The Kier molecular flexibility index (Phi) is 3.99. The summed E-state index contributed by atoms with van der Waals surface area (Å²) < 4.78 is 27.0. The molecule has 21 heavy (non-hydrogen) atoms. The lowest BCUT2D eigenvalue weighted by atomic mass is 10.1. The molecule has 3 aromatic rings. The molecule has 0 bridgehead atoms. The van der Waals surface area contributed by atoms with Crippen LogP contribution in [0, 0.1) is 0 Å². The fourth-order valence-electron chi connectivity index (χ4n) is 2.09. The topological polar surface area (TPSA) is 74.8 Å². The van der Waals surface area contributed by atoms with E-state index in [4.69, 9.17) is 11.6 Å². The van der Waals surface area contributed by atoms with Crippen molar-refractivity contribution in [2.24, 2.45) is 0 Å². The van der Waals surface area contributed by atoms with Gasteiger partial charge < -0.3 is 4.98 Å². The van der Waals surface area contributed by atoms with Gasteiger partial charge in [-0.3, -0.25) is 0 Å². The fraction of sp³-hybridized carbons (Fsp3) is 0.154. The van der Waals surface area contributed by atoms with Crippen LogP contribution in [0.2, 0.25) is 4.47 Å².